The van der Waals surface area contributed by atoms with E-state index in [9.17, 15) is 18.0 Å². The van der Waals surface area contributed by atoms with E-state index in [1.807, 2.05) is 6.92 Å². The van der Waals surface area contributed by atoms with Crippen LogP contribution in [-0.4, -0.2) is 30.3 Å². The van der Waals surface area contributed by atoms with E-state index in [0.717, 1.165) is 6.07 Å². The minimum Gasteiger partial charge on any atom is -0.345 e. The molecule has 7 nitrogen and oxygen atoms in total. The summed E-state index contributed by atoms with van der Waals surface area (Å²) in [5, 5.41) is 11.1. The number of aromatic nitrogens is 5. The highest BCUT2D eigenvalue weighted by Crippen LogP contribution is 2.32. The summed E-state index contributed by atoms with van der Waals surface area (Å²) < 4.78 is 43.3. The summed E-state index contributed by atoms with van der Waals surface area (Å²) in [6.45, 7) is 2.73. The molecule has 1 aromatic carbocycles. The number of alkyl halides is 3. The van der Waals surface area contributed by atoms with Crippen LogP contribution in [-0.2, 0) is 19.3 Å². The fraction of sp³-hybridized carbons (Fsp3) is 0.200. The second-order valence-electron chi connectivity index (χ2n) is 6.68. The average Bonchev–Trinajstić information content (AvgIpc) is 3.37. The number of carbonyl (C=O) groups excluding carboxylic acids is 1. The van der Waals surface area contributed by atoms with Gasteiger partial charge in [-0.1, -0.05) is 23.7 Å². The van der Waals surface area contributed by atoms with Crippen molar-refractivity contribution in [2.45, 2.75) is 26.2 Å². The van der Waals surface area contributed by atoms with Crippen molar-refractivity contribution in [1.29, 1.82) is 0 Å². The molecule has 31 heavy (non-hydrogen) atoms. The SMILES string of the molecule is CCn1ccc(CNC(=O)c2cc3nc(-c4ccc(Cl)cc4)cc(C(F)(F)F)n3n2)n1. The Morgan fingerprint density at radius 3 is 2.52 bits per heavy atom. The fourth-order valence-electron chi connectivity index (χ4n) is 2.99. The van der Waals surface area contributed by atoms with Crippen molar-refractivity contribution in [1.82, 2.24) is 29.7 Å². The first-order valence-electron chi connectivity index (χ1n) is 9.29. The molecule has 0 saturated heterocycles. The van der Waals surface area contributed by atoms with Crippen molar-refractivity contribution in [2.24, 2.45) is 0 Å². The van der Waals surface area contributed by atoms with Crippen LogP contribution in [0.25, 0.3) is 16.9 Å². The number of rotatable bonds is 5. The Bertz CT molecular complexity index is 1250. The maximum absolute atomic E-state index is 13.7. The number of carbonyl (C=O) groups is 1. The van der Waals surface area contributed by atoms with Gasteiger partial charge in [0.25, 0.3) is 5.91 Å². The predicted octanol–water partition coefficient (Wildman–Crippen LogP) is 4.21. The summed E-state index contributed by atoms with van der Waals surface area (Å²) in [5.74, 6) is -0.627. The Morgan fingerprint density at radius 2 is 1.87 bits per heavy atom. The molecular weight excluding hydrogens is 433 g/mol. The monoisotopic (exact) mass is 448 g/mol. The van der Waals surface area contributed by atoms with Gasteiger partial charge < -0.3 is 5.32 Å². The van der Waals surface area contributed by atoms with Gasteiger partial charge in [-0.15, -0.1) is 0 Å². The minimum absolute atomic E-state index is 0.0912. The Balaban J connectivity index is 1.67. The number of hydrogen-bond donors (Lipinski definition) is 1. The van der Waals surface area contributed by atoms with Gasteiger partial charge in [0.1, 0.15) is 0 Å². The molecule has 1 N–H and O–H groups in total. The zero-order chi connectivity index (χ0) is 22.2. The largest absolute Gasteiger partial charge is 0.433 e. The number of fused-ring (bicyclic) bond motifs is 1. The summed E-state index contributed by atoms with van der Waals surface area (Å²) in [7, 11) is 0. The highest BCUT2D eigenvalue weighted by atomic mass is 35.5. The first-order valence-corrected chi connectivity index (χ1v) is 9.67. The molecule has 0 aliphatic carbocycles. The Morgan fingerprint density at radius 1 is 1.13 bits per heavy atom. The van der Waals surface area contributed by atoms with Crippen LogP contribution in [0.1, 0.15) is 28.8 Å². The zero-order valence-electron chi connectivity index (χ0n) is 16.2. The Kier molecular flexibility index (Phi) is 5.40. The predicted molar refractivity (Wildman–Crippen MR) is 108 cm³/mol. The van der Waals surface area contributed by atoms with Crippen LogP contribution in [0.5, 0.6) is 0 Å². The van der Waals surface area contributed by atoms with E-state index in [4.69, 9.17) is 11.6 Å². The number of amides is 1. The van der Waals surface area contributed by atoms with E-state index in [1.54, 1.807) is 41.2 Å². The number of aryl methyl sites for hydroxylation is 1. The average molecular weight is 449 g/mol. The molecule has 0 atom stereocenters. The third kappa shape index (κ3) is 4.38. The number of nitrogens with one attached hydrogen (secondary N) is 1. The lowest BCUT2D eigenvalue weighted by atomic mass is 10.1. The second kappa shape index (κ2) is 8.03. The summed E-state index contributed by atoms with van der Waals surface area (Å²) in [4.78, 5) is 16.7. The molecule has 0 bridgehead atoms. The highest BCUT2D eigenvalue weighted by Gasteiger charge is 2.35. The van der Waals surface area contributed by atoms with E-state index >= 15 is 0 Å². The van der Waals surface area contributed by atoms with E-state index < -0.39 is 17.8 Å². The highest BCUT2D eigenvalue weighted by molar-refractivity contribution is 6.30. The van der Waals surface area contributed by atoms with Gasteiger partial charge in [-0.05, 0) is 31.2 Å². The molecule has 3 heterocycles. The first-order chi connectivity index (χ1) is 14.7. The minimum atomic E-state index is -4.70. The van der Waals surface area contributed by atoms with E-state index in [-0.39, 0.29) is 23.6 Å². The number of hydrogen-bond acceptors (Lipinski definition) is 4. The van der Waals surface area contributed by atoms with Crippen molar-refractivity contribution >= 4 is 23.2 Å². The van der Waals surface area contributed by atoms with Crippen molar-refractivity contribution in [3.05, 3.63) is 70.8 Å². The number of halogens is 4. The Hall–Kier alpha value is -3.40. The molecule has 3 aromatic heterocycles. The van der Waals surface area contributed by atoms with Crippen LogP contribution in [0.15, 0.2) is 48.7 Å². The molecule has 0 radical (unpaired) electrons. The second-order valence-corrected chi connectivity index (χ2v) is 7.11. The maximum atomic E-state index is 13.7. The lowest BCUT2D eigenvalue weighted by Gasteiger charge is -2.11. The summed E-state index contributed by atoms with van der Waals surface area (Å²) in [6, 6.07) is 10.1. The van der Waals surface area contributed by atoms with Gasteiger partial charge in [-0.25, -0.2) is 9.50 Å². The topological polar surface area (TPSA) is 77.1 Å². The molecule has 4 aromatic rings. The summed E-state index contributed by atoms with van der Waals surface area (Å²) in [5.41, 5.74) is -0.146. The van der Waals surface area contributed by atoms with Crippen molar-refractivity contribution in [2.75, 3.05) is 0 Å². The van der Waals surface area contributed by atoms with Gasteiger partial charge in [0.2, 0.25) is 0 Å². The standard InChI is InChI=1S/C20H16ClF3N6O/c1-2-29-8-7-14(27-29)11-25-19(31)16-10-18-26-15(12-3-5-13(21)6-4-12)9-17(20(22,23)24)30(18)28-16/h3-10H,2,11H2,1H3,(H,25,31). The zero-order valence-corrected chi connectivity index (χ0v) is 16.9. The molecule has 160 valence electrons. The molecule has 0 aliphatic heterocycles. The van der Waals surface area contributed by atoms with E-state index in [1.165, 1.54) is 6.07 Å². The molecule has 1 amide bonds. The van der Waals surface area contributed by atoms with Crippen LogP contribution < -0.4 is 5.32 Å². The third-order valence-electron chi connectivity index (χ3n) is 4.54. The molecule has 0 aliphatic rings. The van der Waals surface area contributed by atoms with Gasteiger partial charge >= 0.3 is 6.18 Å². The third-order valence-corrected chi connectivity index (χ3v) is 4.79. The van der Waals surface area contributed by atoms with Crippen LogP contribution in [0.3, 0.4) is 0 Å². The van der Waals surface area contributed by atoms with Gasteiger partial charge in [0, 0.05) is 29.4 Å². The first kappa shape index (κ1) is 20.9. The van der Waals surface area contributed by atoms with Crippen LogP contribution >= 0.6 is 11.6 Å². The number of nitrogens with zero attached hydrogens (tertiary/aromatic N) is 5. The van der Waals surface area contributed by atoms with Crippen molar-refractivity contribution in [3.63, 3.8) is 0 Å². The lowest BCUT2D eigenvalue weighted by Crippen LogP contribution is -2.24. The van der Waals surface area contributed by atoms with Gasteiger partial charge in [-0.3, -0.25) is 9.48 Å². The van der Waals surface area contributed by atoms with Gasteiger partial charge in [0.05, 0.1) is 17.9 Å². The molecule has 4 rings (SSSR count). The van der Waals surface area contributed by atoms with E-state index in [0.29, 0.717) is 27.3 Å². The molecule has 0 saturated carbocycles. The lowest BCUT2D eigenvalue weighted by molar-refractivity contribution is -0.142. The quantitative estimate of drug-likeness (QED) is 0.496. The van der Waals surface area contributed by atoms with Crippen LogP contribution in [0.2, 0.25) is 5.02 Å². The van der Waals surface area contributed by atoms with Gasteiger partial charge in [-0.2, -0.15) is 23.4 Å². The fourth-order valence-corrected chi connectivity index (χ4v) is 3.12. The summed E-state index contributed by atoms with van der Waals surface area (Å²) >= 11 is 5.86. The van der Waals surface area contributed by atoms with Gasteiger partial charge in [0.15, 0.2) is 17.0 Å². The van der Waals surface area contributed by atoms with Crippen molar-refractivity contribution in [3.8, 4) is 11.3 Å². The van der Waals surface area contributed by atoms with E-state index in [2.05, 4.69) is 20.5 Å². The molecular formula is C20H16ClF3N6O. The number of benzene rings is 1. The molecule has 0 unspecified atom stereocenters. The van der Waals surface area contributed by atoms with Crippen molar-refractivity contribution < 1.29 is 18.0 Å². The maximum Gasteiger partial charge on any atom is 0.433 e. The molecule has 11 heteroatoms. The normalized spacial score (nSPS) is 11.8. The molecule has 0 spiro atoms. The smallest absolute Gasteiger partial charge is 0.345 e. The Labute approximate surface area is 179 Å². The molecule has 0 fully saturated rings. The van der Waals surface area contributed by atoms with Crippen LogP contribution in [0, 0.1) is 0 Å². The summed E-state index contributed by atoms with van der Waals surface area (Å²) in [6.07, 6.45) is -2.93. The van der Waals surface area contributed by atoms with Crippen LogP contribution in [0.4, 0.5) is 13.2 Å².